The summed E-state index contributed by atoms with van der Waals surface area (Å²) in [5.74, 6) is -5.76. The van der Waals surface area contributed by atoms with E-state index in [1.807, 2.05) is 0 Å². The van der Waals surface area contributed by atoms with Gasteiger partial charge < -0.3 is 55.4 Å². The molecule has 12 heteroatoms. The lowest BCUT2D eigenvalue weighted by molar-refractivity contribution is -0.277. The van der Waals surface area contributed by atoms with Crippen LogP contribution in [0.5, 0.6) is 34.5 Å². The van der Waals surface area contributed by atoms with Crippen LogP contribution in [0.1, 0.15) is 15.9 Å². The molecule has 0 spiro atoms. The summed E-state index contributed by atoms with van der Waals surface area (Å²) < 4.78 is 10.3. The Balaban J connectivity index is 1.99. The second-order valence-corrected chi connectivity index (χ2v) is 6.82. The molecule has 0 aromatic heterocycles. The first-order valence-electron chi connectivity index (χ1n) is 8.88. The van der Waals surface area contributed by atoms with Crippen LogP contribution >= 0.6 is 0 Å². The summed E-state index contributed by atoms with van der Waals surface area (Å²) in [6.45, 7) is -0.758. The first-order chi connectivity index (χ1) is 14.6. The smallest absolute Gasteiger partial charge is 0.229 e. The molecule has 1 saturated heterocycles. The fourth-order valence-electron chi connectivity index (χ4n) is 3.05. The molecule has 0 bridgehead atoms. The van der Waals surface area contributed by atoms with Gasteiger partial charge in [-0.05, 0) is 18.2 Å². The van der Waals surface area contributed by atoms with Gasteiger partial charge in [0.2, 0.25) is 17.8 Å². The summed E-state index contributed by atoms with van der Waals surface area (Å²) in [6, 6.07) is 3.64. The summed E-state index contributed by atoms with van der Waals surface area (Å²) in [6.07, 6.45) is -8.50. The Labute approximate surface area is 174 Å². The zero-order chi connectivity index (χ0) is 23.0. The van der Waals surface area contributed by atoms with E-state index in [2.05, 4.69) is 0 Å². The molecule has 0 aliphatic carbocycles. The Morgan fingerprint density at radius 3 is 2.16 bits per heavy atom. The molecule has 5 atom stereocenters. The van der Waals surface area contributed by atoms with Crippen LogP contribution in [0, 0.1) is 0 Å². The van der Waals surface area contributed by atoms with Crippen LogP contribution in [0.2, 0.25) is 0 Å². The average molecular weight is 440 g/mol. The monoisotopic (exact) mass is 440 g/mol. The minimum absolute atomic E-state index is 0.245. The molecule has 1 aliphatic rings. The quantitative estimate of drug-likeness (QED) is 0.194. The number of aliphatic hydroxyl groups is 4. The highest BCUT2D eigenvalue weighted by Crippen LogP contribution is 2.46. The zero-order valence-electron chi connectivity index (χ0n) is 15.7. The molecule has 12 nitrogen and oxygen atoms in total. The second-order valence-electron chi connectivity index (χ2n) is 6.82. The van der Waals surface area contributed by atoms with Gasteiger partial charge in [-0.2, -0.15) is 0 Å². The van der Waals surface area contributed by atoms with Crippen molar-refractivity contribution in [2.45, 2.75) is 30.7 Å². The summed E-state index contributed by atoms with van der Waals surface area (Å²) in [4.78, 5) is 12.7. The van der Waals surface area contributed by atoms with E-state index in [0.717, 1.165) is 18.2 Å². The van der Waals surface area contributed by atoms with Crippen molar-refractivity contribution in [3.63, 3.8) is 0 Å². The van der Waals surface area contributed by atoms with E-state index >= 15 is 0 Å². The largest absolute Gasteiger partial charge is 0.507 e. The predicted octanol–water partition coefficient (Wildman–Crippen LogP) is -1.38. The van der Waals surface area contributed by atoms with Crippen molar-refractivity contribution < 1.29 is 60.2 Å². The van der Waals surface area contributed by atoms with E-state index in [1.54, 1.807) is 0 Å². The number of phenols is 5. The molecule has 31 heavy (non-hydrogen) atoms. The Morgan fingerprint density at radius 2 is 1.55 bits per heavy atom. The Hall–Kier alpha value is -3.29. The number of rotatable bonds is 5. The lowest BCUT2D eigenvalue weighted by Gasteiger charge is -2.39. The van der Waals surface area contributed by atoms with E-state index in [0.29, 0.717) is 6.07 Å². The van der Waals surface area contributed by atoms with Crippen molar-refractivity contribution in [3.05, 3.63) is 35.4 Å². The molecular weight excluding hydrogens is 420 g/mol. The number of phenolic OH excluding ortho intramolecular Hbond substituents is 5. The fourth-order valence-corrected chi connectivity index (χ4v) is 3.05. The van der Waals surface area contributed by atoms with E-state index in [4.69, 9.17) is 9.47 Å². The Bertz CT molecular complexity index is 988. The topological polar surface area (TPSA) is 218 Å². The van der Waals surface area contributed by atoms with Gasteiger partial charge in [0.1, 0.15) is 35.7 Å². The summed E-state index contributed by atoms with van der Waals surface area (Å²) in [5, 5.41) is 88.5. The van der Waals surface area contributed by atoms with Gasteiger partial charge in [-0.25, -0.2) is 0 Å². The van der Waals surface area contributed by atoms with Crippen LogP contribution in [-0.2, 0) is 4.74 Å². The standard InChI is InChI=1S/C19H20O12/c20-5-11-14(26)16(28)17(29)19(30-11)31-18-10(24)4-9(23)12(15(18)27)13(25)6-1-2-7(21)8(22)3-6/h1-4,11,14,16-17,19-24,26-29H,5H2/t11-,14-,16+,17-,19+/m1/s1. The normalized spacial score (nSPS) is 25.9. The third-order valence-electron chi connectivity index (χ3n) is 4.76. The Kier molecular flexibility index (Phi) is 6.10. The first kappa shape index (κ1) is 22.4. The molecule has 1 aliphatic heterocycles. The van der Waals surface area contributed by atoms with Crippen LogP contribution in [0.15, 0.2) is 24.3 Å². The van der Waals surface area contributed by atoms with Gasteiger partial charge in [0.05, 0.1) is 6.61 Å². The van der Waals surface area contributed by atoms with Gasteiger partial charge in [0.15, 0.2) is 23.0 Å². The van der Waals surface area contributed by atoms with Gasteiger partial charge in [-0.3, -0.25) is 4.79 Å². The van der Waals surface area contributed by atoms with Crippen molar-refractivity contribution in [1.29, 1.82) is 0 Å². The fraction of sp³-hybridized carbons (Fsp3) is 0.316. The van der Waals surface area contributed by atoms with Crippen molar-refractivity contribution in [3.8, 4) is 34.5 Å². The molecule has 0 saturated carbocycles. The third-order valence-corrected chi connectivity index (χ3v) is 4.76. The van der Waals surface area contributed by atoms with Crippen LogP contribution in [0.25, 0.3) is 0 Å². The summed E-state index contributed by atoms with van der Waals surface area (Å²) in [7, 11) is 0. The number of aromatic hydroxyl groups is 5. The number of ether oxygens (including phenoxy) is 2. The molecule has 2 aromatic carbocycles. The van der Waals surface area contributed by atoms with Crippen molar-refractivity contribution in [2.24, 2.45) is 0 Å². The molecular formula is C19H20O12. The number of carbonyl (C=O) groups excluding carboxylic acids is 1. The average Bonchev–Trinajstić information content (AvgIpc) is 2.72. The number of aliphatic hydroxyl groups excluding tert-OH is 4. The molecule has 3 rings (SSSR count). The maximum absolute atomic E-state index is 12.7. The van der Waals surface area contributed by atoms with Gasteiger partial charge in [0, 0.05) is 11.6 Å². The van der Waals surface area contributed by atoms with E-state index in [9.17, 15) is 50.8 Å². The molecule has 0 unspecified atom stereocenters. The molecule has 9 N–H and O–H groups in total. The van der Waals surface area contributed by atoms with E-state index < -0.39 is 83.2 Å². The highest BCUT2D eigenvalue weighted by Gasteiger charge is 2.45. The second kappa shape index (κ2) is 8.45. The van der Waals surface area contributed by atoms with Crippen LogP contribution < -0.4 is 4.74 Å². The van der Waals surface area contributed by atoms with Crippen LogP contribution in [0.3, 0.4) is 0 Å². The lowest BCUT2D eigenvalue weighted by Crippen LogP contribution is -2.60. The van der Waals surface area contributed by atoms with Crippen LogP contribution in [-0.4, -0.2) is 89.1 Å². The van der Waals surface area contributed by atoms with Crippen molar-refractivity contribution in [2.75, 3.05) is 6.61 Å². The highest BCUT2D eigenvalue weighted by atomic mass is 16.7. The minimum Gasteiger partial charge on any atom is -0.507 e. The number of hydrogen-bond acceptors (Lipinski definition) is 12. The SMILES string of the molecule is O=C(c1ccc(O)c(O)c1)c1c(O)cc(O)c(O[C@@H]2O[C@H](CO)[C@@H](O)[C@H](O)[C@H]2O)c1O. The van der Waals surface area contributed by atoms with Gasteiger partial charge in [-0.15, -0.1) is 0 Å². The van der Waals surface area contributed by atoms with Crippen LogP contribution in [0.4, 0.5) is 0 Å². The number of hydrogen-bond donors (Lipinski definition) is 9. The van der Waals surface area contributed by atoms with E-state index in [-0.39, 0.29) is 5.56 Å². The zero-order valence-corrected chi connectivity index (χ0v) is 15.7. The molecule has 0 radical (unpaired) electrons. The van der Waals surface area contributed by atoms with Gasteiger partial charge in [0.25, 0.3) is 0 Å². The van der Waals surface area contributed by atoms with Gasteiger partial charge in [-0.1, -0.05) is 0 Å². The Morgan fingerprint density at radius 1 is 0.871 bits per heavy atom. The number of benzene rings is 2. The van der Waals surface area contributed by atoms with Gasteiger partial charge >= 0.3 is 0 Å². The third kappa shape index (κ3) is 4.02. The molecule has 168 valence electrons. The maximum atomic E-state index is 12.7. The summed E-state index contributed by atoms with van der Waals surface area (Å²) >= 11 is 0. The molecule has 0 amide bonds. The minimum atomic E-state index is -1.88. The highest BCUT2D eigenvalue weighted by molar-refractivity contribution is 6.13. The predicted molar refractivity (Wildman–Crippen MR) is 99.0 cm³/mol. The van der Waals surface area contributed by atoms with Crippen molar-refractivity contribution in [1.82, 2.24) is 0 Å². The lowest BCUT2D eigenvalue weighted by atomic mass is 9.99. The van der Waals surface area contributed by atoms with Crippen molar-refractivity contribution >= 4 is 5.78 Å². The number of ketones is 1. The molecule has 1 fully saturated rings. The first-order valence-corrected chi connectivity index (χ1v) is 8.88. The molecule has 2 aromatic rings. The summed E-state index contributed by atoms with van der Waals surface area (Å²) in [5.41, 5.74) is -0.993. The molecule has 1 heterocycles. The van der Waals surface area contributed by atoms with E-state index in [1.165, 1.54) is 0 Å². The number of carbonyl (C=O) groups is 1. The maximum Gasteiger partial charge on any atom is 0.229 e.